The molecule has 0 fully saturated rings. The maximum atomic E-state index is 14.1. The highest BCUT2D eigenvalue weighted by Crippen LogP contribution is 2.22. The Labute approximate surface area is 267 Å². The van der Waals surface area contributed by atoms with E-state index in [1.165, 1.54) is 13.2 Å². The minimum Gasteiger partial charge on any atom is -0.468 e. The van der Waals surface area contributed by atoms with E-state index in [1.807, 2.05) is 49.0 Å². The number of likely N-dealkylation sites (N-methyl/N-ethyl adjacent to an activating group) is 1. The highest BCUT2D eigenvalue weighted by Gasteiger charge is 2.42. The second-order valence-electron chi connectivity index (χ2n) is 11.6. The van der Waals surface area contributed by atoms with Gasteiger partial charge in [0.05, 0.1) is 29.7 Å². The van der Waals surface area contributed by atoms with Crippen LogP contribution in [0.5, 0.6) is 0 Å². The summed E-state index contributed by atoms with van der Waals surface area (Å²) in [5.74, 6) is -1.42. The highest BCUT2D eigenvalue weighted by molar-refractivity contribution is 6.51. The normalized spacial score (nSPS) is 14.3. The summed E-state index contributed by atoms with van der Waals surface area (Å²) in [6, 6.07) is 12.5. The smallest absolute Gasteiger partial charge is 0.407 e. The van der Waals surface area contributed by atoms with Gasteiger partial charge in [-0.1, -0.05) is 88.2 Å². The topological polar surface area (TPSA) is 97.0 Å². The molecular formula is C32H46BCl2N3O5. The summed E-state index contributed by atoms with van der Waals surface area (Å²) >= 11 is 12.4. The van der Waals surface area contributed by atoms with Crippen molar-refractivity contribution in [3.8, 4) is 0 Å². The number of nitrogens with zero attached hydrogens (tertiary/aromatic N) is 1. The molecule has 2 rings (SSSR count). The van der Waals surface area contributed by atoms with Crippen LogP contribution in [0.25, 0.3) is 0 Å². The fourth-order valence-corrected chi connectivity index (χ4v) is 5.14. The van der Waals surface area contributed by atoms with E-state index >= 15 is 0 Å². The second kappa shape index (κ2) is 17.6. The van der Waals surface area contributed by atoms with Crippen LogP contribution in [0.3, 0.4) is 0 Å². The summed E-state index contributed by atoms with van der Waals surface area (Å²) in [5, 5.41) is 6.65. The van der Waals surface area contributed by atoms with Crippen LogP contribution in [0.4, 0.5) is 0 Å². The zero-order chi connectivity index (χ0) is 32.3. The lowest BCUT2D eigenvalue weighted by molar-refractivity contribution is -0.145. The number of rotatable bonds is 16. The van der Waals surface area contributed by atoms with Gasteiger partial charge in [0.15, 0.2) is 0 Å². The molecule has 0 aliphatic heterocycles. The maximum absolute atomic E-state index is 14.1. The van der Waals surface area contributed by atoms with Gasteiger partial charge in [-0.2, -0.15) is 0 Å². The number of nitrogens with one attached hydrogen (secondary N) is 2. The van der Waals surface area contributed by atoms with Gasteiger partial charge >= 0.3 is 13.0 Å². The summed E-state index contributed by atoms with van der Waals surface area (Å²) in [7, 11) is 0.716. The number of ether oxygens (including phenoxy) is 1. The number of methoxy groups -OCH3 is 1. The van der Waals surface area contributed by atoms with Gasteiger partial charge in [-0.05, 0) is 62.4 Å². The van der Waals surface area contributed by atoms with Crippen molar-refractivity contribution in [2.75, 3.05) is 13.7 Å². The van der Waals surface area contributed by atoms with Crippen molar-refractivity contribution in [2.45, 2.75) is 85.4 Å². The van der Waals surface area contributed by atoms with Crippen LogP contribution in [0.15, 0.2) is 48.5 Å². The molecule has 2 aromatic rings. The lowest BCUT2D eigenvalue weighted by atomic mass is 9.65. The Kier molecular flexibility index (Phi) is 15.0. The van der Waals surface area contributed by atoms with Crippen molar-refractivity contribution in [1.82, 2.24) is 15.4 Å². The predicted molar refractivity (Wildman–Crippen MR) is 174 cm³/mol. The second-order valence-corrected chi connectivity index (χ2v) is 12.4. The minimum atomic E-state index is -0.934. The standard InChI is InChI=1S/C32H46BCl2N3O5/c1-9-38(22(6)32(41)42-8)33(43-23(7)21(4)5)29(17-20(2)3)37-31(40)28(18-24-13-11-10-12-14-24)36-30(39)26-19-25(34)15-16-27(26)35/h10-16,19-23,28-29H,9,17-18H2,1-8H3,(H,36,39)(H,37,40)/t22-,23+,28+,29+/m1/s1. The molecule has 43 heavy (non-hydrogen) atoms. The third-order valence-electron chi connectivity index (χ3n) is 7.50. The molecule has 0 saturated heterocycles. The molecule has 0 spiro atoms. The van der Waals surface area contributed by atoms with Crippen molar-refractivity contribution >= 4 is 48.0 Å². The van der Waals surface area contributed by atoms with Crippen molar-refractivity contribution in [2.24, 2.45) is 11.8 Å². The number of esters is 1. The molecular weight excluding hydrogens is 588 g/mol. The largest absolute Gasteiger partial charge is 0.468 e. The van der Waals surface area contributed by atoms with Crippen molar-refractivity contribution in [3.63, 3.8) is 0 Å². The molecule has 2 aromatic carbocycles. The Bertz CT molecular complexity index is 1200. The third-order valence-corrected chi connectivity index (χ3v) is 8.06. The first-order chi connectivity index (χ1) is 20.3. The van der Waals surface area contributed by atoms with Crippen molar-refractivity contribution < 1.29 is 23.8 Å². The molecule has 0 unspecified atom stereocenters. The van der Waals surface area contributed by atoms with Crippen LogP contribution >= 0.6 is 23.2 Å². The molecule has 0 heterocycles. The number of hydrogen-bond donors (Lipinski definition) is 2. The van der Waals surface area contributed by atoms with Gasteiger partial charge in [0.25, 0.3) is 5.91 Å². The zero-order valence-corrected chi connectivity index (χ0v) is 28.0. The molecule has 4 atom stereocenters. The van der Waals surface area contributed by atoms with Gasteiger partial charge in [-0.15, -0.1) is 0 Å². The van der Waals surface area contributed by atoms with E-state index in [1.54, 1.807) is 19.1 Å². The van der Waals surface area contributed by atoms with Gasteiger partial charge in [0.2, 0.25) is 5.91 Å². The SMILES string of the molecule is CCN(B(O[C@@H](C)C(C)C)[C@H](CC(C)C)NC(=O)[C@H](Cc1ccccc1)NC(=O)c1cc(Cl)ccc1Cl)[C@H](C)C(=O)OC. The Balaban J connectivity index is 2.50. The number of hydrogen-bond acceptors (Lipinski definition) is 6. The summed E-state index contributed by atoms with van der Waals surface area (Å²) < 4.78 is 11.7. The first kappa shape index (κ1) is 36.6. The van der Waals surface area contributed by atoms with E-state index in [0.29, 0.717) is 18.0 Å². The van der Waals surface area contributed by atoms with Gasteiger partial charge in [-0.25, -0.2) is 0 Å². The average Bonchev–Trinajstić information content (AvgIpc) is 2.96. The first-order valence-corrected chi connectivity index (χ1v) is 15.6. The van der Waals surface area contributed by atoms with Crippen LogP contribution in [0.1, 0.15) is 70.8 Å². The molecule has 0 aliphatic carbocycles. The van der Waals surface area contributed by atoms with Crippen LogP contribution < -0.4 is 10.6 Å². The fraction of sp³-hybridized carbons (Fsp3) is 0.531. The molecule has 0 aliphatic rings. The van der Waals surface area contributed by atoms with Gasteiger partial charge < -0.3 is 24.8 Å². The van der Waals surface area contributed by atoms with E-state index in [9.17, 15) is 14.4 Å². The minimum absolute atomic E-state index is 0.166. The van der Waals surface area contributed by atoms with E-state index in [4.69, 9.17) is 32.6 Å². The highest BCUT2D eigenvalue weighted by atomic mass is 35.5. The average molecular weight is 634 g/mol. The quantitative estimate of drug-likeness (QED) is 0.178. The number of benzene rings is 2. The van der Waals surface area contributed by atoms with Crippen LogP contribution in [0.2, 0.25) is 10.0 Å². The van der Waals surface area contributed by atoms with Gasteiger partial charge in [0, 0.05) is 17.5 Å². The molecule has 0 radical (unpaired) electrons. The number of carbonyl (C=O) groups excluding carboxylic acids is 3. The molecule has 0 aromatic heterocycles. The zero-order valence-electron chi connectivity index (χ0n) is 26.5. The predicted octanol–water partition coefficient (Wildman–Crippen LogP) is 5.84. The van der Waals surface area contributed by atoms with Crippen molar-refractivity contribution in [3.05, 3.63) is 69.7 Å². The number of carbonyl (C=O) groups is 3. The fourth-order valence-electron chi connectivity index (χ4n) is 4.77. The Morgan fingerprint density at radius 3 is 2.16 bits per heavy atom. The van der Waals surface area contributed by atoms with E-state index < -0.39 is 37.0 Å². The monoisotopic (exact) mass is 633 g/mol. The van der Waals surface area contributed by atoms with E-state index in [0.717, 1.165) is 5.56 Å². The molecule has 2 amide bonds. The molecule has 8 nitrogen and oxygen atoms in total. The summed E-state index contributed by atoms with van der Waals surface area (Å²) in [4.78, 5) is 42.0. The Morgan fingerprint density at radius 2 is 1.60 bits per heavy atom. The van der Waals surface area contributed by atoms with Gasteiger partial charge in [-0.3, -0.25) is 14.4 Å². The summed E-state index contributed by atoms with van der Waals surface area (Å²) in [5.41, 5.74) is 1.05. The lowest BCUT2D eigenvalue weighted by Gasteiger charge is -2.39. The Hall–Kier alpha value is -2.59. The molecule has 236 valence electrons. The molecule has 11 heteroatoms. The lowest BCUT2D eigenvalue weighted by Crippen LogP contribution is -2.64. The van der Waals surface area contributed by atoms with E-state index in [-0.39, 0.29) is 40.9 Å². The molecule has 2 N–H and O–H groups in total. The Morgan fingerprint density at radius 1 is 0.953 bits per heavy atom. The molecule has 0 saturated carbocycles. The summed E-state index contributed by atoms with van der Waals surface area (Å²) in [6.45, 7) is 14.4. The van der Waals surface area contributed by atoms with E-state index in [2.05, 4.69) is 38.3 Å². The molecule has 0 bridgehead atoms. The third kappa shape index (κ3) is 11.1. The van der Waals surface area contributed by atoms with Crippen LogP contribution in [-0.2, 0) is 25.4 Å². The number of halogens is 2. The van der Waals surface area contributed by atoms with Crippen molar-refractivity contribution in [1.29, 1.82) is 0 Å². The first-order valence-electron chi connectivity index (χ1n) is 14.9. The summed E-state index contributed by atoms with van der Waals surface area (Å²) in [6.07, 6.45) is 0.646. The van der Waals surface area contributed by atoms with Crippen LogP contribution in [0, 0.1) is 11.8 Å². The van der Waals surface area contributed by atoms with Gasteiger partial charge in [0.1, 0.15) is 6.04 Å². The maximum Gasteiger partial charge on any atom is 0.407 e. The van der Waals surface area contributed by atoms with Crippen LogP contribution in [-0.4, -0.2) is 67.4 Å². The number of amides is 2.